The first kappa shape index (κ1) is 12.1. The molecule has 0 aliphatic rings. The van der Waals surface area contributed by atoms with E-state index >= 15 is 0 Å². The molecule has 0 fully saturated rings. The van der Waals surface area contributed by atoms with Crippen molar-refractivity contribution in [2.24, 2.45) is 0 Å². The SMILES string of the molecule is Fc1c(Br)cccc1C(F)(F)c1ccccn1. The minimum Gasteiger partial charge on any atom is -0.255 e. The van der Waals surface area contributed by atoms with Gasteiger partial charge in [0, 0.05) is 6.20 Å². The second kappa shape index (κ2) is 4.49. The molecule has 0 bridgehead atoms. The summed E-state index contributed by atoms with van der Waals surface area (Å²) in [5.74, 6) is -4.42. The summed E-state index contributed by atoms with van der Waals surface area (Å²) in [6.07, 6.45) is 1.25. The van der Waals surface area contributed by atoms with Crippen molar-refractivity contribution in [3.63, 3.8) is 0 Å². The molecule has 0 atom stereocenters. The van der Waals surface area contributed by atoms with Crippen LogP contribution in [0.15, 0.2) is 47.1 Å². The third-order valence-corrected chi connectivity index (χ3v) is 2.89. The molecule has 0 radical (unpaired) electrons. The number of pyridine rings is 1. The lowest BCUT2D eigenvalue weighted by Crippen LogP contribution is -2.18. The summed E-state index contributed by atoms with van der Waals surface area (Å²) in [7, 11) is 0. The summed E-state index contributed by atoms with van der Waals surface area (Å²) < 4.78 is 41.6. The molecule has 5 heteroatoms. The predicted molar refractivity (Wildman–Crippen MR) is 61.3 cm³/mol. The number of alkyl halides is 2. The molecule has 0 N–H and O–H groups in total. The lowest BCUT2D eigenvalue weighted by atomic mass is 10.0. The minimum absolute atomic E-state index is 0.00519. The highest BCUT2D eigenvalue weighted by Gasteiger charge is 2.38. The summed E-state index contributed by atoms with van der Waals surface area (Å²) in [6, 6.07) is 7.91. The molecule has 2 rings (SSSR count). The van der Waals surface area contributed by atoms with Crippen molar-refractivity contribution in [2.45, 2.75) is 5.92 Å². The van der Waals surface area contributed by atoms with Crippen molar-refractivity contribution in [1.29, 1.82) is 0 Å². The smallest absolute Gasteiger partial charge is 0.255 e. The average Bonchev–Trinajstić information content (AvgIpc) is 2.33. The first-order valence-corrected chi connectivity index (χ1v) is 5.56. The number of hydrogen-bond acceptors (Lipinski definition) is 1. The Balaban J connectivity index is 2.56. The van der Waals surface area contributed by atoms with Gasteiger partial charge in [-0.15, -0.1) is 0 Å². The molecule has 0 amide bonds. The monoisotopic (exact) mass is 301 g/mol. The number of benzene rings is 1. The largest absolute Gasteiger partial charge is 0.317 e. The third kappa shape index (κ3) is 2.20. The van der Waals surface area contributed by atoms with E-state index in [1.165, 1.54) is 36.5 Å². The van der Waals surface area contributed by atoms with E-state index in [1.54, 1.807) is 0 Å². The van der Waals surface area contributed by atoms with Gasteiger partial charge in [0.2, 0.25) is 0 Å². The van der Waals surface area contributed by atoms with Crippen LogP contribution in [0.2, 0.25) is 0 Å². The van der Waals surface area contributed by atoms with E-state index in [2.05, 4.69) is 20.9 Å². The first-order valence-electron chi connectivity index (χ1n) is 4.77. The van der Waals surface area contributed by atoms with Gasteiger partial charge in [0.15, 0.2) is 0 Å². The molecular formula is C12H7BrF3N. The van der Waals surface area contributed by atoms with Crippen LogP contribution in [0.3, 0.4) is 0 Å². The molecule has 0 unspecified atom stereocenters. The van der Waals surface area contributed by atoms with E-state index in [4.69, 9.17) is 0 Å². The fourth-order valence-corrected chi connectivity index (χ4v) is 1.80. The number of aromatic nitrogens is 1. The predicted octanol–water partition coefficient (Wildman–Crippen LogP) is 4.12. The van der Waals surface area contributed by atoms with E-state index in [0.29, 0.717) is 0 Å². The molecular weight excluding hydrogens is 295 g/mol. The molecule has 1 nitrogen and oxygen atoms in total. The van der Waals surface area contributed by atoms with Crippen LogP contribution in [0.4, 0.5) is 13.2 Å². The van der Waals surface area contributed by atoms with Gasteiger partial charge in [-0.2, -0.15) is 8.78 Å². The lowest BCUT2D eigenvalue weighted by molar-refractivity contribution is 0.0340. The van der Waals surface area contributed by atoms with Gasteiger partial charge in [-0.3, -0.25) is 4.98 Å². The summed E-state index contributed by atoms with van der Waals surface area (Å²) in [6.45, 7) is 0. The topological polar surface area (TPSA) is 12.9 Å². The van der Waals surface area contributed by atoms with Crippen LogP contribution in [0, 0.1) is 5.82 Å². The second-order valence-corrected chi connectivity index (χ2v) is 4.25. The number of nitrogens with zero attached hydrogens (tertiary/aromatic N) is 1. The Kier molecular flexibility index (Phi) is 3.19. The van der Waals surface area contributed by atoms with E-state index in [0.717, 1.165) is 6.07 Å². The Labute approximate surface area is 104 Å². The lowest BCUT2D eigenvalue weighted by Gasteiger charge is -2.17. The van der Waals surface area contributed by atoms with Gasteiger partial charge in [-0.25, -0.2) is 4.39 Å². The molecule has 0 saturated heterocycles. The highest BCUT2D eigenvalue weighted by Crippen LogP contribution is 2.37. The van der Waals surface area contributed by atoms with Crippen LogP contribution in [0.1, 0.15) is 11.3 Å². The van der Waals surface area contributed by atoms with Crippen LogP contribution >= 0.6 is 15.9 Å². The van der Waals surface area contributed by atoms with Gasteiger partial charge in [-0.1, -0.05) is 12.1 Å². The normalized spacial score (nSPS) is 11.5. The van der Waals surface area contributed by atoms with Crippen LogP contribution in [0.5, 0.6) is 0 Å². The maximum Gasteiger partial charge on any atom is 0.317 e. The third-order valence-electron chi connectivity index (χ3n) is 2.28. The standard InChI is InChI=1S/C12H7BrF3N/c13-9-5-3-4-8(11(9)14)12(15,16)10-6-1-2-7-17-10/h1-7H. The summed E-state index contributed by atoms with van der Waals surface area (Å²) in [4.78, 5) is 3.57. The van der Waals surface area contributed by atoms with Crippen molar-refractivity contribution in [3.05, 3.63) is 64.1 Å². The molecule has 88 valence electrons. The highest BCUT2D eigenvalue weighted by atomic mass is 79.9. The van der Waals surface area contributed by atoms with Gasteiger partial charge in [0.05, 0.1) is 10.0 Å². The summed E-state index contributed by atoms with van der Waals surface area (Å²) >= 11 is 2.88. The minimum atomic E-state index is -3.45. The van der Waals surface area contributed by atoms with Gasteiger partial charge in [-0.05, 0) is 40.2 Å². The quantitative estimate of drug-likeness (QED) is 0.813. The van der Waals surface area contributed by atoms with Gasteiger partial charge < -0.3 is 0 Å². The number of hydrogen-bond donors (Lipinski definition) is 0. The average molecular weight is 302 g/mol. The van der Waals surface area contributed by atoms with Crippen LogP contribution in [-0.2, 0) is 5.92 Å². The molecule has 1 aromatic carbocycles. The van der Waals surface area contributed by atoms with Crippen molar-refractivity contribution in [3.8, 4) is 0 Å². The molecule has 0 saturated carbocycles. The van der Waals surface area contributed by atoms with Crippen LogP contribution in [0.25, 0.3) is 0 Å². The summed E-state index contributed by atoms with van der Waals surface area (Å²) in [5.41, 5.74) is -1.16. The molecule has 0 spiro atoms. The van der Waals surface area contributed by atoms with E-state index in [1.807, 2.05) is 0 Å². The van der Waals surface area contributed by atoms with E-state index < -0.39 is 23.0 Å². The molecule has 0 aliphatic heterocycles. The number of rotatable bonds is 2. The molecule has 1 heterocycles. The van der Waals surface area contributed by atoms with Gasteiger partial charge in [0.1, 0.15) is 11.5 Å². The van der Waals surface area contributed by atoms with E-state index in [9.17, 15) is 13.2 Å². The van der Waals surface area contributed by atoms with Crippen molar-refractivity contribution in [1.82, 2.24) is 4.98 Å². The molecule has 2 aromatic rings. The maximum absolute atomic E-state index is 14.0. The van der Waals surface area contributed by atoms with Gasteiger partial charge in [0.25, 0.3) is 0 Å². The summed E-state index contributed by atoms with van der Waals surface area (Å²) in [5, 5.41) is 0. The molecule has 0 aliphatic carbocycles. The Morgan fingerprint density at radius 1 is 1.06 bits per heavy atom. The molecule has 17 heavy (non-hydrogen) atoms. The highest BCUT2D eigenvalue weighted by molar-refractivity contribution is 9.10. The number of halogens is 4. The Bertz CT molecular complexity index is 529. The van der Waals surface area contributed by atoms with E-state index in [-0.39, 0.29) is 4.47 Å². The first-order chi connectivity index (χ1) is 8.03. The van der Waals surface area contributed by atoms with Crippen molar-refractivity contribution < 1.29 is 13.2 Å². The zero-order chi connectivity index (χ0) is 12.5. The molecule has 1 aromatic heterocycles. The fourth-order valence-electron chi connectivity index (χ4n) is 1.43. The zero-order valence-electron chi connectivity index (χ0n) is 8.50. The Morgan fingerprint density at radius 3 is 2.47 bits per heavy atom. The Morgan fingerprint density at radius 2 is 1.82 bits per heavy atom. The van der Waals surface area contributed by atoms with Crippen molar-refractivity contribution >= 4 is 15.9 Å². The maximum atomic E-state index is 14.0. The zero-order valence-corrected chi connectivity index (χ0v) is 10.1. The van der Waals surface area contributed by atoms with Crippen LogP contribution < -0.4 is 0 Å². The van der Waals surface area contributed by atoms with Gasteiger partial charge >= 0.3 is 5.92 Å². The van der Waals surface area contributed by atoms with Crippen molar-refractivity contribution in [2.75, 3.05) is 0 Å². The van der Waals surface area contributed by atoms with Crippen LogP contribution in [-0.4, -0.2) is 4.98 Å². The fraction of sp³-hybridized carbons (Fsp3) is 0.0833. The second-order valence-electron chi connectivity index (χ2n) is 3.39. The Hall–Kier alpha value is -1.36.